The highest BCUT2D eigenvalue weighted by Crippen LogP contribution is 2.61. The van der Waals surface area contributed by atoms with Crippen LogP contribution in [0.4, 0.5) is 34.1 Å². The van der Waals surface area contributed by atoms with Gasteiger partial charge in [0.15, 0.2) is 11.2 Å². The molecule has 2 aliphatic carbocycles. The Bertz CT molecular complexity index is 4700. The molecule has 2 aliphatic rings. The molecule has 3 aromatic heterocycles. The Morgan fingerprint density at radius 2 is 0.870 bits per heavy atom. The van der Waals surface area contributed by atoms with Crippen molar-refractivity contribution in [2.75, 3.05) is 9.80 Å². The molecule has 0 atom stereocenters. The Morgan fingerprint density at radius 1 is 0.377 bits per heavy atom. The van der Waals surface area contributed by atoms with Crippen LogP contribution in [0.3, 0.4) is 0 Å². The van der Waals surface area contributed by atoms with E-state index in [9.17, 15) is 0 Å². The number of para-hydroxylation sites is 5. The number of hydrogen-bond acceptors (Lipinski definition) is 5. The van der Waals surface area contributed by atoms with Crippen molar-refractivity contribution < 1.29 is 16.0 Å². The van der Waals surface area contributed by atoms with Crippen LogP contribution in [-0.2, 0) is 10.8 Å². The van der Waals surface area contributed by atoms with E-state index in [0.717, 1.165) is 94.3 Å². The number of benzene rings is 10. The largest absolute Gasteiger partial charge is 0.455 e. The molecule has 0 saturated heterocycles. The molecule has 0 spiro atoms. The van der Waals surface area contributed by atoms with Gasteiger partial charge in [0.25, 0.3) is 0 Å². The highest BCUT2D eigenvalue weighted by atomic mass is 16.3. The van der Waals surface area contributed by atoms with Gasteiger partial charge >= 0.3 is 0 Å². The molecule has 0 N–H and O–H groups in total. The summed E-state index contributed by atoms with van der Waals surface area (Å²) < 4.78 is 38.4. The lowest BCUT2D eigenvalue weighted by molar-refractivity contribution is 0.638. The van der Waals surface area contributed by atoms with Crippen LogP contribution in [0.1, 0.15) is 103 Å². The van der Waals surface area contributed by atoms with E-state index >= 15 is 0 Å². The lowest BCUT2D eigenvalue weighted by Gasteiger charge is -2.29. The first kappa shape index (κ1) is 43.4. The van der Waals surface area contributed by atoms with E-state index in [1.807, 2.05) is 12.1 Å². The van der Waals surface area contributed by atoms with Gasteiger partial charge in [-0.3, -0.25) is 0 Å². The average Bonchev–Trinajstić information content (AvgIpc) is 2.73. The third-order valence-electron chi connectivity index (χ3n) is 17.3. The first-order valence-electron chi connectivity index (χ1n) is 28.1. The number of rotatable bonds is 8. The van der Waals surface area contributed by atoms with E-state index in [2.05, 4.69) is 223 Å². The Kier molecular flexibility index (Phi) is 9.23. The molecule has 374 valence electrons. The zero-order chi connectivity index (χ0) is 54.0. The number of fused-ring (bicyclic) bond motifs is 16. The maximum Gasteiger partial charge on any atom is 0.159 e. The van der Waals surface area contributed by atoms with Gasteiger partial charge in [0.05, 0.1) is 25.2 Å². The van der Waals surface area contributed by atoms with E-state index in [0.29, 0.717) is 35.1 Å². The molecule has 0 saturated carbocycles. The molecule has 77 heavy (non-hydrogen) atoms. The normalized spacial score (nSPS) is 14.5. The van der Waals surface area contributed by atoms with E-state index in [1.54, 1.807) is 12.1 Å². The van der Waals surface area contributed by atoms with Gasteiger partial charge in [-0.05, 0) is 141 Å². The van der Waals surface area contributed by atoms with E-state index in [-0.39, 0.29) is 5.41 Å². The molecule has 3 heterocycles. The second-order valence-electron chi connectivity index (χ2n) is 23.0. The maximum absolute atomic E-state index is 8.87. The van der Waals surface area contributed by atoms with Crippen LogP contribution in [0.5, 0.6) is 0 Å². The lowest BCUT2D eigenvalue weighted by Crippen LogP contribution is -2.20. The number of anilines is 6. The fourth-order valence-corrected chi connectivity index (χ4v) is 13.1. The molecular weight excluding hydrogens is 941 g/mol. The summed E-state index contributed by atoms with van der Waals surface area (Å²) >= 11 is 0. The summed E-state index contributed by atoms with van der Waals surface area (Å²) in [5.41, 5.74) is 21.8. The monoisotopic (exact) mass is 1000 g/mol. The third kappa shape index (κ3) is 6.53. The summed E-state index contributed by atoms with van der Waals surface area (Å²) in [5.74, 6) is 0.760. The van der Waals surface area contributed by atoms with Crippen molar-refractivity contribution in [2.24, 2.45) is 0 Å². The molecule has 0 unspecified atom stereocenters. The summed E-state index contributed by atoms with van der Waals surface area (Å²) in [6, 6.07) is 65.7. The van der Waals surface area contributed by atoms with Crippen molar-refractivity contribution in [3.63, 3.8) is 0 Å². The zero-order valence-corrected chi connectivity index (χ0v) is 44.6. The van der Waals surface area contributed by atoms with Crippen molar-refractivity contribution in [2.45, 2.75) is 78.1 Å². The Hall–Kier alpha value is -8.80. The van der Waals surface area contributed by atoms with Crippen molar-refractivity contribution in [1.29, 1.82) is 0 Å². The molecule has 5 heteroatoms. The standard InChI is InChI=1S/C72H58N2O3/c1-41(2)43-27-31-45(32-28-43)73(60-22-15-20-51-49-17-9-12-24-63(49)75-68(51)60)47-35-36-48-54-38-55-58(39-57(54)71(5,6)56(48)37-47)72(7,8)59-40-62(67-53-19-11-14-26-65(53)77-70(67)66(55)59)74(46-33-29-44(30-34-46)42(3)4)61-23-16-21-52-50-18-10-13-25-64(50)76-69(52)61/h9-42H,1-8H3/i24D,25D. The minimum atomic E-state index is -0.431. The number of furan rings is 3. The Labute approximate surface area is 451 Å². The van der Waals surface area contributed by atoms with E-state index in [4.69, 9.17) is 16.0 Å². The average molecular weight is 1000 g/mol. The van der Waals surface area contributed by atoms with Gasteiger partial charge in [0.2, 0.25) is 0 Å². The molecule has 0 aliphatic heterocycles. The summed E-state index contributed by atoms with van der Waals surface area (Å²) in [5, 5.41) is 5.90. The first-order chi connectivity index (χ1) is 38.2. The van der Waals surface area contributed by atoms with Crippen LogP contribution in [0.15, 0.2) is 207 Å². The number of nitrogens with zero attached hydrogens (tertiary/aromatic N) is 2. The molecule has 0 radical (unpaired) electrons. The maximum atomic E-state index is 8.87. The summed E-state index contributed by atoms with van der Waals surface area (Å²) in [4.78, 5) is 4.69. The fraction of sp³-hybridized carbons (Fsp3) is 0.167. The van der Waals surface area contributed by atoms with Crippen molar-refractivity contribution in [3.05, 3.63) is 227 Å². The van der Waals surface area contributed by atoms with E-state index < -0.39 is 5.41 Å². The highest BCUT2D eigenvalue weighted by Gasteiger charge is 2.44. The SMILES string of the molecule is [2H]c1cccc2c1oc1c(N(c3ccc(C(C)C)cc3)c3ccc4c(c3)C(C)(C)c3cc5c(cc3-4)-c3c(cc(N(c4ccc(C(C)C)cc4)c4cccc6c4oc4c([2H])cccc46)c4c3oc3ccccc34)C5(C)C)cccc12. The van der Waals surface area contributed by atoms with Crippen molar-refractivity contribution in [3.8, 4) is 22.3 Å². The van der Waals surface area contributed by atoms with E-state index in [1.165, 1.54) is 50.1 Å². The zero-order valence-electron chi connectivity index (χ0n) is 46.6. The molecule has 10 aromatic carbocycles. The van der Waals surface area contributed by atoms with Gasteiger partial charge in [-0.2, -0.15) is 0 Å². The van der Waals surface area contributed by atoms with Gasteiger partial charge in [0, 0.05) is 60.4 Å². The molecule has 0 bridgehead atoms. The van der Waals surface area contributed by atoms with Gasteiger partial charge in [0.1, 0.15) is 22.3 Å². The second-order valence-corrected chi connectivity index (χ2v) is 23.0. The van der Waals surface area contributed by atoms with Crippen LogP contribution < -0.4 is 9.80 Å². The molecule has 0 amide bonds. The topological polar surface area (TPSA) is 45.9 Å². The van der Waals surface area contributed by atoms with Crippen molar-refractivity contribution >= 4 is 99.9 Å². The molecule has 15 rings (SSSR count). The summed E-state index contributed by atoms with van der Waals surface area (Å²) in [6.07, 6.45) is 0. The Balaban J connectivity index is 0.935. The van der Waals surface area contributed by atoms with Crippen molar-refractivity contribution in [1.82, 2.24) is 0 Å². The van der Waals surface area contributed by atoms with Crippen LogP contribution in [0.25, 0.3) is 88.1 Å². The van der Waals surface area contributed by atoms with Crippen LogP contribution in [-0.4, -0.2) is 0 Å². The highest BCUT2D eigenvalue weighted by molar-refractivity contribution is 6.20. The minimum absolute atomic E-state index is 0.359. The van der Waals surface area contributed by atoms with Gasteiger partial charge in [-0.25, -0.2) is 0 Å². The van der Waals surface area contributed by atoms with Crippen LogP contribution in [0.2, 0.25) is 0 Å². The second kappa shape index (κ2) is 16.4. The molecular formula is C72H58N2O3. The quantitative estimate of drug-likeness (QED) is 0.152. The summed E-state index contributed by atoms with van der Waals surface area (Å²) in [7, 11) is 0. The van der Waals surface area contributed by atoms with Crippen LogP contribution in [0, 0.1) is 0 Å². The summed E-state index contributed by atoms with van der Waals surface area (Å²) in [6.45, 7) is 18.4. The van der Waals surface area contributed by atoms with Gasteiger partial charge in [-0.15, -0.1) is 0 Å². The number of hydrogen-bond donors (Lipinski definition) is 0. The van der Waals surface area contributed by atoms with Gasteiger partial charge < -0.3 is 23.1 Å². The molecule has 13 aromatic rings. The van der Waals surface area contributed by atoms with Crippen LogP contribution >= 0.6 is 0 Å². The molecule has 5 nitrogen and oxygen atoms in total. The third-order valence-corrected chi connectivity index (χ3v) is 17.3. The Morgan fingerprint density at radius 3 is 1.49 bits per heavy atom. The van der Waals surface area contributed by atoms with Gasteiger partial charge in [-0.1, -0.05) is 171 Å². The predicted molar refractivity (Wildman–Crippen MR) is 321 cm³/mol. The molecule has 0 fully saturated rings. The lowest BCUT2D eigenvalue weighted by atomic mass is 9.77. The predicted octanol–water partition coefficient (Wildman–Crippen LogP) is 21.2. The first-order valence-corrected chi connectivity index (χ1v) is 27.1. The smallest absolute Gasteiger partial charge is 0.159 e. The fourth-order valence-electron chi connectivity index (χ4n) is 13.1. The minimum Gasteiger partial charge on any atom is -0.455 e.